The standard InChI is InChI=1S/C54H37N3O16/c1-25-20-36(72-51(66)30-6-12-34(13-7-30)70-54(69)33-11-18-38-40(22-33)50(65)57(48(38)63)24-56-45(60)28(4)29(5)46(56)61)16-19-42(25)73-52(67)31-8-14-35(15-9-31)71-53(68)32-10-17-37-39(21-32)49(64)55(47(37)62)23-41-43(58)26(2)27(3)44(41)59/h6-22,41H,23-24H2,1-5H3. The zero-order valence-corrected chi connectivity index (χ0v) is 39.2. The highest BCUT2D eigenvalue weighted by molar-refractivity contribution is 6.27. The third-order valence-electron chi connectivity index (χ3n) is 12.9. The second-order valence-corrected chi connectivity index (χ2v) is 17.3. The molecular weight excluding hydrogens is 947 g/mol. The molecule has 5 aromatic rings. The number of imide groups is 3. The fourth-order valence-corrected chi connectivity index (χ4v) is 8.35. The summed E-state index contributed by atoms with van der Waals surface area (Å²) in [5, 5.41) is 0. The number of nitrogens with zero attached hydrogens (tertiary/aromatic N) is 3. The van der Waals surface area contributed by atoms with Crippen LogP contribution in [0.4, 0.5) is 0 Å². The van der Waals surface area contributed by atoms with Gasteiger partial charge in [0.15, 0.2) is 11.6 Å². The van der Waals surface area contributed by atoms with Crippen LogP contribution in [0.3, 0.4) is 0 Å². The van der Waals surface area contributed by atoms with Crippen molar-refractivity contribution in [2.75, 3.05) is 13.2 Å². The Kier molecular flexibility index (Phi) is 12.2. The van der Waals surface area contributed by atoms with Gasteiger partial charge in [0, 0.05) is 17.7 Å². The quantitative estimate of drug-likeness (QED) is 0.0617. The second-order valence-electron chi connectivity index (χ2n) is 17.3. The Morgan fingerprint density at radius 2 is 0.753 bits per heavy atom. The normalized spacial score (nSPS) is 15.5. The van der Waals surface area contributed by atoms with Crippen molar-refractivity contribution in [1.29, 1.82) is 0 Å². The van der Waals surface area contributed by atoms with E-state index in [-0.39, 0.29) is 89.8 Å². The van der Waals surface area contributed by atoms with Gasteiger partial charge in [-0.05, 0) is 154 Å². The van der Waals surface area contributed by atoms with Gasteiger partial charge < -0.3 is 18.9 Å². The average molecular weight is 984 g/mol. The van der Waals surface area contributed by atoms with Crippen LogP contribution in [0.5, 0.6) is 23.0 Å². The lowest BCUT2D eigenvalue weighted by Crippen LogP contribution is -2.44. The molecule has 0 spiro atoms. The molecule has 5 aromatic carbocycles. The topological polar surface area (TPSA) is 251 Å². The van der Waals surface area contributed by atoms with Crippen molar-refractivity contribution in [2.24, 2.45) is 5.92 Å². The molecule has 364 valence electrons. The number of Topliss-reactive ketones (excluding diaryl/α,β-unsaturated/α-hetero) is 2. The van der Waals surface area contributed by atoms with Crippen molar-refractivity contribution < 1.29 is 76.5 Å². The third-order valence-corrected chi connectivity index (χ3v) is 12.9. The first-order valence-corrected chi connectivity index (χ1v) is 22.2. The number of ketones is 2. The van der Waals surface area contributed by atoms with Crippen LogP contribution in [0.15, 0.2) is 125 Å². The summed E-state index contributed by atoms with van der Waals surface area (Å²) >= 11 is 0. The maximum absolute atomic E-state index is 13.2. The van der Waals surface area contributed by atoms with Gasteiger partial charge >= 0.3 is 23.9 Å². The highest BCUT2D eigenvalue weighted by Crippen LogP contribution is 2.32. The molecule has 3 heterocycles. The van der Waals surface area contributed by atoms with Crippen molar-refractivity contribution in [1.82, 2.24) is 14.7 Å². The van der Waals surface area contributed by atoms with Crippen LogP contribution in [0.25, 0.3) is 0 Å². The lowest BCUT2D eigenvalue weighted by atomic mass is 10.0. The molecule has 0 unspecified atom stereocenters. The Morgan fingerprint density at radius 3 is 1.23 bits per heavy atom. The lowest BCUT2D eigenvalue weighted by Gasteiger charge is -2.21. The maximum atomic E-state index is 13.2. The van der Waals surface area contributed by atoms with Gasteiger partial charge in [0.1, 0.15) is 35.6 Å². The molecule has 6 amide bonds. The molecule has 0 bridgehead atoms. The zero-order chi connectivity index (χ0) is 52.3. The van der Waals surface area contributed by atoms with Crippen molar-refractivity contribution >= 4 is 70.9 Å². The maximum Gasteiger partial charge on any atom is 0.343 e. The molecule has 0 N–H and O–H groups in total. The first-order valence-electron chi connectivity index (χ1n) is 22.2. The van der Waals surface area contributed by atoms with Gasteiger partial charge in [-0.2, -0.15) is 0 Å². The van der Waals surface area contributed by atoms with Gasteiger partial charge in [-0.15, -0.1) is 0 Å². The van der Waals surface area contributed by atoms with E-state index in [0.717, 1.165) is 14.7 Å². The van der Waals surface area contributed by atoms with Crippen molar-refractivity contribution in [3.63, 3.8) is 0 Å². The van der Waals surface area contributed by atoms with E-state index in [1.165, 1.54) is 131 Å². The smallest absolute Gasteiger partial charge is 0.343 e. The summed E-state index contributed by atoms with van der Waals surface area (Å²) in [6.45, 7) is 6.58. The number of fused-ring (bicyclic) bond motifs is 2. The predicted octanol–water partition coefficient (Wildman–Crippen LogP) is 5.83. The summed E-state index contributed by atoms with van der Waals surface area (Å²) < 4.78 is 22.0. The number of allylic oxidation sites excluding steroid dienone is 2. The molecule has 0 fully saturated rings. The van der Waals surface area contributed by atoms with Crippen LogP contribution < -0.4 is 18.9 Å². The van der Waals surface area contributed by atoms with E-state index in [2.05, 4.69) is 0 Å². The number of amides is 6. The molecule has 0 radical (unpaired) electrons. The molecule has 4 aliphatic rings. The summed E-state index contributed by atoms with van der Waals surface area (Å²) in [6.07, 6.45) is 0. The largest absolute Gasteiger partial charge is 0.423 e. The number of hydrogen-bond acceptors (Lipinski definition) is 16. The second kappa shape index (κ2) is 18.5. The van der Waals surface area contributed by atoms with E-state index < -0.39 is 90.0 Å². The number of rotatable bonds is 12. The van der Waals surface area contributed by atoms with Gasteiger partial charge in [-0.25, -0.2) is 19.2 Å². The van der Waals surface area contributed by atoms with E-state index in [0.29, 0.717) is 5.56 Å². The predicted molar refractivity (Wildman–Crippen MR) is 250 cm³/mol. The van der Waals surface area contributed by atoms with Crippen LogP contribution >= 0.6 is 0 Å². The van der Waals surface area contributed by atoms with E-state index in [9.17, 15) is 57.5 Å². The van der Waals surface area contributed by atoms with E-state index in [4.69, 9.17) is 18.9 Å². The number of ether oxygens (including phenoxy) is 4. The summed E-state index contributed by atoms with van der Waals surface area (Å²) in [4.78, 5) is 158. The summed E-state index contributed by atoms with van der Waals surface area (Å²) in [5.41, 5.74) is 1.26. The van der Waals surface area contributed by atoms with E-state index >= 15 is 0 Å². The molecule has 19 heteroatoms. The van der Waals surface area contributed by atoms with E-state index in [1.54, 1.807) is 6.92 Å². The lowest BCUT2D eigenvalue weighted by molar-refractivity contribution is -0.139. The molecule has 0 atom stereocenters. The number of aryl methyl sites for hydroxylation is 1. The molecule has 19 nitrogen and oxygen atoms in total. The monoisotopic (exact) mass is 983 g/mol. The van der Waals surface area contributed by atoms with Crippen LogP contribution in [-0.2, 0) is 19.2 Å². The highest BCUT2D eigenvalue weighted by Gasteiger charge is 2.45. The highest BCUT2D eigenvalue weighted by atomic mass is 16.5. The fraction of sp³-hybridized carbons (Fsp3) is 0.148. The van der Waals surface area contributed by atoms with Crippen LogP contribution in [0.1, 0.15) is 116 Å². The third kappa shape index (κ3) is 8.68. The first-order chi connectivity index (χ1) is 34.7. The Balaban J connectivity index is 0.756. The van der Waals surface area contributed by atoms with Gasteiger partial charge in [0.2, 0.25) is 0 Å². The molecule has 0 saturated carbocycles. The minimum atomic E-state index is -1.18. The molecular formula is C54H37N3O16. The van der Waals surface area contributed by atoms with Gasteiger partial charge in [0.05, 0.1) is 44.5 Å². The SMILES string of the molecule is CC1=C(C)C(=O)C(CN2C(=O)c3ccc(C(=O)Oc4ccc(C(=O)Oc5ccc(OC(=O)c6ccc(OC(=O)c7ccc8c(c7)C(=O)N(CN7C(=O)C(C)=C(C)C7=O)C8=O)cc6)cc5C)cc4)cc3C2=O)C1=O. The Bertz CT molecular complexity index is 3440. The minimum Gasteiger partial charge on any atom is -0.423 e. The van der Waals surface area contributed by atoms with Crippen molar-refractivity contribution in [3.8, 4) is 23.0 Å². The molecule has 73 heavy (non-hydrogen) atoms. The number of esters is 4. The number of carbonyl (C=O) groups excluding carboxylic acids is 12. The summed E-state index contributed by atoms with van der Waals surface area (Å²) in [6, 6.07) is 22.6. The molecule has 0 saturated heterocycles. The number of carbonyl (C=O) groups is 12. The van der Waals surface area contributed by atoms with Crippen LogP contribution in [0.2, 0.25) is 0 Å². The molecule has 3 aliphatic heterocycles. The van der Waals surface area contributed by atoms with Gasteiger partial charge in [0.25, 0.3) is 35.4 Å². The molecule has 9 rings (SSSR count). The van der Waals surface area contributed by atoms with Gasteiger partial charge in [-0.3, -0.25) is 53.1 Å². The number of hydrogen-bond donors (Lipinski definition) is 0. The average Bonchev–Trinajstić information content (AvgIpc) is 3.91. The zero-order valence-electron chi connectivity index (χ0n) is 39.2. The summed E-state index contributed by atoms with van der Waals surface area (Å²) in [7, 11) is 0. The minimum absolute atomic E-state index is 0.00737. The van der Waals surface area contributed by atoms with Gasteiger partial charge in [-0.1, -0.05) is 0 Å². The Hall–Kier alpha value is -9.78. The Morgan fingerprint density at radius 1 is 0.384 bits per heavy atom. The Labute approximate surface area is 413 Å². The molecule has 0 aromatic heterocycles. The van der Waals surface area contributed by atoms with Crippen molar-refractivity contribution in [2.45, 2.75) is 34.6 Å². The van der Waals surface area contributed by atoms with Crippen LogP contribution in [-0.4, -0.2) is 98.8 Å². The van der Waals surface area contributed by atoms with Crippen molar-refractivity contribution in [3.05, 3.63) is 175 Å². The van der Waals surface area contributed by atoms with E-state index in [1.807, 2.05) is 0 Å². The fourth-order valence-electron chi connectivity index (χ4n) is 8.35. The van der Waals surface area contributed by atoms with Crippen LogP contribution in [0, 0.1) is 12.8 Å². The number of benzene rings is 5. The molecule has 1 aliphatic carbocycles. The summed E-state index contributed by atoms with van der Waals surface area (Å²) in [5.74, 6) is -9.25. The first kappa shape index (κ1) is 48.3.